The van der Waals surface area contributed by atoms with E-state index in [9.17, 15) is 0 Å². The maximum absolute atomic E-state index is 5.52. The van der Waals surface area contributed by atoms with E-state index in [-0.39, 0.29) is 0 Å². The Morgan fingerprint density at radius 3 is 2.52 bits per heavy atom. The van der Waals surface area contributed by atoms with Crippen molar-refractivity contribution in [2.24, 2.45) is 11.0 Å². The zero-order chi connectivity index (χ0) is 22.2. The summed E-state index contributed by atoms with van der Waals surface area (Å²) >= 11 is 0. The fourth-order valence-corrected chi connectivity index (χ4v) is 5.46. The average Bonchev–Trinajstić information content (AvgIpc) is 3.68. The fraction of sp³-hybridized carbons (Fsp3) is 0.414. The van der Waals surface area contributed by atoms with Gasteiger partial charge in [-0.25, -0.2) is 0 Å². The highest BCUT2D eigenvalue weighted by Gasteiger charge is 2.31. The fourth-order valence-electron chi connectivity index (χ4n) is 5.46. The topological polar surface area (TPSA) is 28.1 Å². The van der Waals surface area contributed by atoms with Crippen LogP contribution in [0.5, 0.6) is 5.75 Å². The number of hydrogen-bond donors (Lipinski definition) is 0. The normalized spacial score (nSPS) is 19.4. The Bertz CT molecular complexity index is 1170. The van der Waals surface area contributed by atoms with Crippen molar-refractivity contribution in [3.8, 4) is 5.75 Å². The van der Waals surface area contributed by atoms with Gasteiger partial charge in [0.25, 0.3) is 0 Å². The molecule has 0 radical (unpaired) electrons. The molecular weight excluding hydrogens is 406 g/mol. The maximum atomic E-state index is 5.52. The zero-order valence-electron chi connectivity index (χ0n) is 19.5. The van der Waals surface area contributed by atoms with Gasteiger partial charge in [-0.1, -0.05) is 36.4 Å². The van der Waals surface area contributed by atoms with Crippen LogP contribution in [0.25, 0.3) is 10.8 Å². The van der Waals surface area contributed by atoms with E-state index in [1.165, 1.54) is 58.9 Å². The quantitative estimate of drug-likeness (QED) is 0.483. The van der Waals surface area contributed by atoms with Crippen molar-refractivity contribution in [2.75, 3.05) is 20.2 Å². The highest BCUT2D eigenvalue weighted by atomic mass is 16.5. The van der Waals surface area contributed by atoms with Crippen molar-refractivity contribution < 1.29 is 4.74 Å². The number of fused-ring (bicyclic) bond motifs is 2. The monoisotopic (exact) mass is 439 g/mol. The molecule has 0 amide bonds. The predicted molar refractivity (Wildman–Crippen MR) is 135 cm³/mol. The van der Waals surface area contributed by atoms with E-state index >= 15 is 0 Å². The smallest absolute Gasteiger partial charge is 0.119 e. The molecule has 1 saturated carbocycles. The molecule has 6 rings (SSSR count). The highest BCUT2D eigenvalue weighted by molar-refractivity contribution is 6.02. The Balaban J connectivity index is 1.13. The summed E-state index contributed by atoms with van der Waals surface area (Å²) in [5, 5.41) is 10.3. The van der Waals surface area contributed by atoms with Gasteiger partial charge in [0.15, 0.2) is 0 Å². The van der Waals surface area contributed by atoms with E-state index in [0.717, 1.165) is 44.3 Å². The summed E-state index contributed by atoms with van der Waals surface area (Å²) in [7, 11) is 1.76. The molecule has 1 saturated heterocycles. The summed E-state index contributed by atoms with van der Waals surface area (Å²) in [4.78, 5) is 2.61. The van der Waals surface area contributed by atoms with Gasteiger partial charge in [-0.15, -0.1) is 0 Å². The number of benzene rings is 3. The standard InChI is InChI=1S/C29H33N3O/c1-33-27-10-11-28-25(18-27)20-32(30-29(28)17-21-6-7-21)26-12-14-31(15-13-26)19-22-8-9-23-4-2-3-5-24(23)16-22/h2-5,8-11,16,18,21,26H,6-7,12-15,17,19-20H2,1H3. The first-order chi connectivity index (χ1) is 16.2. The van der Waals surface area contributed by atoms with E-state index in [1.54, 1.807) is 7.11 Å². The average molecular weight is 440 g/mol. The minimum atomic E-state index is 0.520. The van der Waals surface area contributed by atoms with Crippen LogP contribution in [0, 0.1) is 5.92 Å². The van der Waals surface area contributed by atoms with Crippen molar-refractivity contribution >= 4 is 16.5 Å². The van der Waals surface area contributed by atoms with Gasteiger partial charge >= 0.3 is 0 Å². The summed E-state index contributed by atoms with van der Waals surface area (Å²) in [5.74, 6) is 1.79. The molecule has 3 aromatic rings. The second kappa shape index (κ2) is 8.83. The molecule has 2 heterocycles. The van der Waals surface area contributed by atoms with Crippen LogP contribution in [0.3, 0.4) is 0 Å². The van der Waals surface area contributed by atoms with Crippen molar-refractivity contribution in [2.45, 2.75) is 51.2 Å². The number of likely N-dealkylation sites (tertiary alicyclic amines) is 1. The summed E-state index contributed by atoms with van der Waals surface area (Å²) in [6.45, 7) is 4.20. The predicted octanol–water partition coefficient (Wildman–Crippen LogP) is 5.83. The first-order valence-corrected chi connectivity index (χ1v) is 12.5. The van der Waals surface area contributed by atoms with Gasteiger partial charge in [-0.05, 0) is 84.2 Å². The second-order valence-corrected chi connectivity index (χ2v) is 10.0. The second-order valence-electron chi connectivity index (χ2n) is 10.0. The number of hydrazone groups is 1. The zero-order valence-corrected chi connectivity index (χ0v) is 19.5. The van der Waals surface area contributed by atoms with E-state index in [4.69, 9.17) is 9.84 Å². The van der Waals surface area contributed by atoms with Crippen LogP contribution in [0.1, 0.15) is 48.8 Å². The molecule has 3 aromatic carbocycles. The molecule has 1 aliphatic carbocycles. The van der Waals surface area contributed by atoms with E-state index in [0.29, 0.717) is 6.04 Å². The molecule has 0 N–H and O–H groups in total. The van der Waals surface area contributed by atoms with Gasteiger partial charge in [0.1, 0.15) is 5.75 Å². The highest BCUT2D eigenvalue weighted by Crippen LogP contribution is 2.37. The summed E-state index contributed by atoms with van der Waals surface area (Å²) < 4.78 is 5.52. The van der Waals surface area contributed by atoms with Crippen LogP contribution in [-0.2, 0) is 13.1 Å². The molecular formula is C29H33N3O. The van der Waals surface area contributed by atoms with Crippen LogP contribution >= 0.6 is 0 Å². The van der Waals surface area contributed by atoms with Crippen LogP contribution < -0.4 is 4.74 Å². The third kappa shape index (κ3) is 4.49. The molecule has 170 valence electrons. The lowest BCUT2D eigenvalue weighted by Crippen LogP contribution is -2.43. The summed E-state index contributed by atoms with van der Waals surface area (Å²) in [6, 6.07) is 22.6. The van der Waals surface area contributed by atoms with Crippen LogP contribution in [-0.4, -0.2) is 41.9 Å². The van der Waals surface area contributed by atoms with Crippen molar-refractivity contribution in [3.05, 3.63) is 77.4 Å². The lowest BCUT2D eigenvalue weighted by Gasteiger charge is -2.39. The molecule has 4 heteroatoms. The molecule has 0 bridgehead atoms. The number of nitrogens with zero attached hydrogens (tertiary/aromatic N) is 3. The molecule has 0 unspecified atom stereocenters. The lowest BCUT2D eigenvalue weighted by molar-refractivity contribution is 0.0999. The van der Waals surface area contributed by atoms with Crippen molar-refractivity contribution in [1.29, 1.82) is 0 Å². The number of rotatable bonds is 6. The SMILES string of the molecule is COc1ccc2c(c1)CN(C1CCN(Cc3ccc4ccccc4c3)CC1)N=C2CC1CC1. The molecule has 0 atom stereocenters. The van der Waals surface area contributed by atoms with E-state index in [1.807, 2.05) is 0 Å². The molecule has 2 aliphatic heterocycles. The number of ether oxygens (including phenoxy) is 1. The van der Waals surface area contributed by atoms with E-state index in [2.05, 4.69) is 70.6 Å². The Morgan fingerprint density at radius 2 is 1.73 bits per heavy atom. The Labute approximate surface area is 196 Å². The van der Waals surface area contributed by atoms with Crippen molar-refractivity contribution in [1.82, 2.24) is 9.91 Å². The van der Waals surface area contributed by atoms with Crippen LogP contribution in [0.15, 0.2) is 65.8 Å². The van der Waals surface area contributed by atoms with Crippen LogP contribution in [0.2, 0.25) is 0 Å². The molecule has 3 aliphatic rings. The molecule has 0 spiro atoms. The van der Waals surface area contributed by atoms with Crippen LogP contribution in [0.4, 0.5) is 0 Å². The largest absolute Gasteiger partial charge is 0.497 e. The number of piperidine rings is 1. The van der Waals surface area contributed by atoms with Gasteiger partial charge in [-0.2, -0.15) is 5.10 Å². The number of methoxy groups -OCH3 is 1. The maximum Gasteiger partial charge on any atom is 0.119 e. The van der Waals surface area contributed by atoms with Crippen molar-refractivity contribution in [3.63, 3.8) is 0 Å². The molecule has 33 heavy (non-hydrogen) atoms. The molecule has 2 fully saturated rings. The summed E-state index contributed by atoms with van der Waals surface area (Å²) in [6.07, 6.45) is 6.19. The third-order valence-electron chi connectivity index (χ3n) is 7.58. The third-order valence-corrected chi connectivity index (χ3v) is 7.58. The Kier molecular flexibility index (Phi) is 5.55. The molecule has 4 nitrogen and oxygen atoms in total. The van der Waals surface area contributed by atoms with Gasteiger partial charge in [0.2, 0.25) is 0 Å². The Hall–Kier alpha value is -2.85. The van der Waals surface area contributed by atoms with Gasteiger partial charge < -0.3 is 4.74 Å². The van der Waals surface area contributed by atoms with Gasteiger partial charge in [-0.3, -0.25) is 9.91 Å². The van der Waals surface area contributed by atoms with Gasteiger partial charge in [0, 0.05) is 31.2 Å². The minimum Gasteiger partial charge on any atom is -0.497 e. The number of hydrogen-bond acceptors (Lipinski definition) is 4. The first-order valence-electron chi connectivity index (χ1n) is 12.5. The summed E-state index contributed by atoms with van der Waals surface area (Å²) in [5.41, 5.74) is 5.42. The van der Waals surface area contributed by atoms with E-state index < -0.39 is 0 Å². The minimum absolute atomic E-state index is 0.520. The first kappa shape index (κ1) is 20.7. The molecule has 0 aromatic heterocycles. The van der Waals surface area contributed by atoms with Gasteiger partial charge in [0.05, 0.1) is 19.4 Å². The Morgan fingerprint density at radius 1 is 0.909 bits per heavy atom. The lowest BCUT2D eigenvalue weighted by atomic mass is 9.95.